The zero-order valence-electron chi connectivity index (χ0n) is 11.9. The molecule has 22 heavy (non-hydrogen) atoms. The quantitative estimate of drug-likeness (QED) is 0.832. The predicted octanol–water partition coefficient (Wildman–Crippen LogP) is 2.33. The summed E-state index contributed by atoms with van der Waals surface area (Å²) in [5.41, 5.74) is 0.669. The van der Waals surface area contributed by atoms with Crippen LogP contribution in [-0.2, 0) is 4.79 Å². The SMILES string of the molecule is O=C(NC1CC1)C(=Cc1ccco1)NC(=O)c1ccccc1. The summed E-state index contributed by atoms with van der Waals surface area (Å²) >= 11 is 0. The van der Waals surface area contributed by atoms with Gasteiger partial charge in [-0.2, -0.15) is 0 Å². The van der Waals surface area contributed by atoms with Crippen LogP contribution < -0.4 is 10.6 Å². The van der Waals surface area contributed by atoms with Crippen LogP contribution in [-0.4, -0.2) is 17.9 Å². The van der Waals surface area contributed by atoms with Crippen LogP contribution in [0, 0.1) is 0 Å². The summed E-state index contributed by atoms with van der Waals surface area (Å²) in [4.78, 5) is 24.5. The molecule has 3 rings (SSSR count). The van der Waals surface area contributed by atoms with Crippen molar-refractivity contribution in [1.82, 2.24) is 10.6 Å². The van der Waals surface area contributed by atoms with Gasteiger partial charge in [0.1, 0.15) is 11.5 Å². The summed E-state index contributed by atoms with van der Waals surface area (Å²) in [5.74, 6) is -0.123. The van der Waals surface area contributed by atoms with Crippen molar-refractivity contribution in [3.05, 3.63) is 65.7 Å². The molecular weight excluding hydrogens is 280 g/mol. The number of benzene rings is 1. The van der Waals surface area contributed by atoms with Crippen molar-refractivity contribution < 1.29 is 14.0 Å². The van der Waals surface area contributed by atoms with Gasteiger partial charge in [0.2, 0.25) is 0 Å². The van der Waals surface area contributed by atoms with Crippen LogP contribution >= 0.6 is 0 Å². The van der Waals surface area contributed by atoms with E-state index in [0.717, 1.165) is 12.8 Å². The molecule has 0 spiro atoms. The molecule has 0 radical (unpaired) electrons. The lowest BCUT2D eigenvalue weighted by molar-refractivity contribution is -0.117. The van der Waals surface area contributed by atoms with Crippen molar-refractivity contribution in [2.45, 2.75) is 18.9 Å². The second-order valence-electron chi connectivity index (χ2n) is 5.14. The summed E-state index contributed by atoms with van der Waals surface area (Å²) < 4.78 is 5.21. The second-order valence-corrected chi connectivity index (χ2v) is 5.14. The predicted molar refractivity (Wildman–Crippen MR) is 81.8 cm³/mol. The molecule has 112 valence electrons. The number of rotatable bonds is 5. The van der Waals surface area contributed by atoms with Crippen LogP contribution in [0.2, 0.25) is 0 Å². The summed E-state index contributed by atoms with van der Waals surface area (Å²) in [7, 11) is 0. The molecule has 0 atom stereocenters. The highest BCUT2D eigenvalue weighted by atomic mass is 16.3. The van der Waals surface area contributed by atoms with Crippen LogP contribution in [0.3, 0.4) is 0 Å². The molecule has 2 amide bonds. The van der Waals surface area contributed by atoms with E-state index in [1.165, 1.54) is 12.3 Å². The largest absolute Gasteiger partial charge is 0.465 e. The highest BCUT2D eigenvalue weighted by Gasteiger charge is 2.25. The van der Waals surface area contributed by atoms with Crippen LogP contribution in [0.15, 0.2) is 58.8 Å². The summed E-state index contributed by atoms with van der Waals surface area (Å²) in [6, 6.07) is 12.4. The molecule has 2 N–H and O–H groups in total. The Morgan fingerprint density at radius 2 is 1.86 bits per heavy atom. The highest BCUT2D eigenvalue weighted by Crippen LogP contribution is 2.19. The standard InChI is InChI=1S/C17H16N2O3/c20-16(12-5-2-1-3-6-12)19-15(11-14-7-4-10-22-14)17(21)18-13-8-9-13/h1-7,10-11,13H,8-9H2,(H,18,21)(H,19,20). The maximum atomic E-state index is 12.3. The molecule has 5 nitrogen and oxygen atoms in total. The van der Waals surface area contributed by atoms with Gasteiger partial charge in [0.25, 0.3) is 11.8 Å². The third-order valence-corrected chi connectivity index (χ3v) is 3.27. The maximum absolute atomic E-state index is 12.3. The number of amides is 2. The van der Waals surface area contributed by atoms with Gasteiger partial charge >= 0.3 is 0 Å². The van der Waals surface area contributed by atoms with Gasteiger partial charge in [-0.1, -0.05) is 18.2 Å². The Morgan fingerprint density at radius 3 is 2.50 bits per heavy atom. The number of hydrogen-bond donors (Lipinski definition) is 2. The number of carbonyl (C=O) groups excluding carboxylic acids is 2. The van der Waals surface area contributed by atoms with E-state index in [9.17, 15) is 9.59 Å². The Morgan fingerprint density at radius 1 is 1.09 bits per heavy atom. The fourth-order valence-electron chi connectivity index (χ4n) is 1.95. The van der Waals surface area contributed by atoms with Gasteiger partial charge < -0.3 is 15.1 Å². The van der Waals surface area contributed by atoms with E-state index in [4.69, 9.17) is 4.42 Å². The first-order chi connectivity index (χ1) is 10.7. The molecule has 1 saturated carbocycles. The van der Waals surface area contributed by atoms with Crippen molar-refractivity contribution in [1.29, 1.82) is 0 Å². The van der Waals surface area contributed by atoms with Crippen LogP contribution in [0.25, 0.3) is 6.08 Å². The zero-order chi connectivity index (χ0) is 15.4. The third kappa shape index (κ3) is 3.63. The van der Waals surface area contributed by atoms with Crippen molar-refractivity contribution in [2.75, 3.05) is 0 Å². The molecule has 1 aliphatic carbocycles. The molecule has 1 fully saturated rings. The second kappa shape index (κ2) is 6.30. The number of furan rings is 1. The van der Waals surface area contributed by atoms with E-state index in [1.54, 1.807) is 36.4 Å². The molecule has 5 heteroatoms. The summed E-state index contributed by atoms with van der Waals surface area (Å²) in [5, 5.41) is 5.51. The minimum atomic E-state index is -0.329. The van der Waals surface area contributed by atoms with Gasteiger partial charge in [0.05, 0.1) is 6.26 Å². The Balaban J connectivity index is 1.78. The van der Waals surface area contributed by atoms with Gasteiger partial charge in [0, 0.05) is 17.7 Å². The summed E-state index contributed by atoms with van der Waals surface area (Å²) in [6.45, 7) is 0. The fraction of sp³-hybridized carbons (Fsp3) is 0.176. The lowest BCUT2D eigenvalue weighted by Gasteiger charge is -2.10. The molecule has 1 aromatic carbocycles. The maximum Gasteiger partial charge on any atom is 0.268 e. The topological polar surface area (TPSA) is 71.3 Å². The Hall–Kier alpha value is -2.82. The first kappa shape index (κ1) is 14.1. The average Bonchev–Trinajstić information content (AvgIpc) is 3.20. The van der Waals surface area contributed by atoms with E-state index in [-0.39, 0.29) is 23.6 Å². The lowest BCUT2D eigenvalue weighted by Crippen LogP contribution is -2.35. The van der Waals surface area contributed by atoms with Crippen molar-refractivity contribution in [3.8, 4) is 0 Å². The average molecular weight is 296 g/mol. The first-order valence-corrected chi connectivity index (χ1v) is 7.15. The Kier molecular flexibility index (Phi) is 4.05. The molecule has 0 bridgehead atoms. The van der Waals surface area contributed by atoms with E-state index in [1.807, 2.05) is 6.07 Å². The van der Waals surface area contributed by atoms with Gasteiger partial charge in [-0.05, 0) is 37.1 Å². The first-order valence-electron chi connectivity index (χ1n) is 7.15. The number of hydrogen-bond acceptors (Lipinski definition) is 3. The normalized spacial score (nSPS) is 14.5. The van der Waals surface area contributed by atoms with Crippen LogP contribution in [0.1, 0.15) is 29.0 Å². The fourth-order valence-corrected chi connectivity index (χ4v) is 1.95. The molecule has 1 heterocycles. The molecule has 1 aromatic heterocycles. The minimum Gasteiger partial charge on any atom is -0.465 e. The lowest BCUT2D eigenvalue weighted by atomic mass is 10.2. The van der Waals surface area contributed by atoms with Crippen LogP contribution in [0.5, 0.6) is 0 Å². The minimum absolute atomic E-state index is 0.177. The van der Waals surface area contributed by atoms with E-state index in [2.05, 4.69) is 10.6 Å². The molecule has 0 saturated heterocycles. The Bertz CT molecular complexity index is 686. The smallest absolute Gasteiger partial charge is 0.268 e. The monoisotopic (exact) mass is 296 g/mol. The molecule has 1 aliphatic rings. The molecule has 0 aliphatic heterocycles. The van der Waals surface area contributed by atoms with E-state index >= 15 is 0 Å². The van der Waals surface area contributed by atoms with Gasteiger partial charge in [-0.15, -0.1) is 0 Å². The zero-order valence-corrected chi connectivity index (χ0v) is 11.9. The van der Waals surface area contributed by atoms with Crippen molar-refractivity contribution in [2.24, 2.45) is 0 Å². The summed E-state index contributed by atoms with van der Waals surface area (Å²) in [6.07, 6.45) is 5.00. The van der Waals surface area contributed by atoms with E-state index in [0.29, 0.717) is 11.3 Å². The third-order valence-electron chi connectivity index (χ3n) is 3.27. The van der Waals surface area contributed by atoms with Gasteiger partial charge in [-0.25, -0.2) is 0 Å². The molecule has 0 unspecified atom stereocenters. The number of carbonyl (C=O) groups is 2. The van der Waals surface area contributed by atoms with Gasteiger partial charge in [-0.3, -0.25) is 9.59 Å². The Labute approximate surface area is 128 Å². The number of nitrogens with one attached hydrogen (secondary N) is 2. The highest BCUT2D eigenvalue weighted by molar-refractivity contribution is 6.05. The van der Waals surface area contributed by atoms with Gasteiger partial charge in [0.15, 0.2) is 0 Å². The van der Waals surface area contributed by atoms with Crippen molar-refractivity contribution in [3.63, 3.8) is 0 Å². The van der Waals surface area contributed by atoms with E-state index < -0.39 is 0 Å². The molecule has 2 aromatic rings. The van der Waals surface area contributed by atoms with Crippen molar-refractivity contribution >= 4 is 17.9 Å². The van der Waals surface area contributed by atoms with Crippen LogP contribution in [0.4, 0.5) is 0 Å². The molecular formula is C17H16N2O3.